The highest BCUT2D eigenvalue weighted by Crippen LogP contribution is 2.08. The van der Waals surface area contributed by atoms with Gasteiger partial charge in [0, 0.05) is 27.2 Å². The van der Waals surface area contributed by atoms with Gasteiger partial charge in [0.2, 0.25) is 0 Å². The number of aliphatic imine (C=N–C) groups is 1. The first-order valence-electron chi connectivity index (χ1n) is 8.71. The van der Waals surface area contributed by atoms with Gasteiger partial charge in [-0.25, -0.2) is 9.67 Å². The SMILES string of the molecule is C=CCCCCCN(C)C(=NC)NCc1ccc(-n2cncn2)cc1. The molecule has 0 radical (unpaired) electrons. The Balaban J connectivity index is 1.78. The average molecular weight is 340 g/mol. The van der Waals surface area contributed by atoms with Crippen molar-refractivity contribution in [2.24, 2.45) is 4.99 Å². The predicted molar refractivity (Wildman–Crippen MR) is 103 cm³/mol. The summed E-state index contributed by atoms with van der Waals surface area (Å²) in [6.45, 7) is 5.50. The minimum atomic E-state index is 0.741. The molecule has 0 aliphatic carbocycles. The van der Waals surface area contributed by atoms with Crippen molar-refractivity contribution in [3.8, 4) is 5.69 Å². The van der Waals surface area contributed by atoms with E-state index in [1.807, 2.05) is 25.3 Å². The molecule has 1 aromatic carbocycles. The molecule has 6 heteroatoms. The third kappa shape index (κ3) is 6.06. The molecule has 1 N–H and O–H groups in total. The molecule has 0 saturated carbocycles. The maximum absolute atomic E-state index is 4.37. The lowest BCUT2D eigenvalue weighted by Gasteiger charge is -2.22. The molecule has 0 aliphatic heterocycles. The maximum atomic E-state index is 4.37. The van der Waals surface area contributed by atoms with E-state index in [-0.39, 0.29) is 0 Å². The molecule has 0 unspecified atom stereocenters. The molecule has 0 bridgehead atoms. The highest BCUT2D eigenvalue weighted by Gasteiger charge is 2.05. The van der Waals surface area contributed by atoms with Crippen LogP contribution < -0.4 is 5.32 Å². The number of benzene rings is 1. The lowest BCUT2D eigenvalue weighted by molar-refractivity contribution is 0.455. The zero-order valence-electron chi connectivity index (χ0n) is 15.2. The monoisotopic (exact) mass is 340 g/mol. The third-order valence-electron chi connectivity index (χ3n) is 4.05. The fourth-order valence-electron chi connectivity index (χ4n) is 2.59. The Morgan fingerprint density at radius 3 is 2.72 bits per heavy atom. The molecule has 2 aromatic rings. The Hall–Kier alpha value is -2.63. The number of hydrogen-bond donors (Lipinski definition) is 1. The topological polar surface area (TPSA) is 58.3 Å². The molecule has 0 fully saturated rings. The van der Waals surface area contributed by atoms with Crippen molar-refractivity contribution in [3.63, 3.8) is 0 Å². The Labute approximate surface area is 150 Å². The summed E-state index contributed by atoms with van der Waals surface area (Å²) in [6.07, 6.45) is 9.90. The molecular weight excluding hydrogens is 312 g/mol. The third-order valence-corrected chi connectivity index (χ3v) is 4.05. The Morgan fingerprint density at radius 1 is 1.28 bits per heavy atom. The van der Waals surface area contributed by atoms with Crippen LogP contribution in [0.3, 0.4) is 0 Å². The van der Waals surface area contributed by atoms with Gasteiger partial charge in [-0.3, -0.25) is 4.99 Å². The number of rotatable bonds is 9. The van der Waals surface area contributed by atoms with Gasteiger partial charge in [0.15, 0.2) is 5.96 Å². The van der Waals surface area contributed by atoms with Gasteiger partial charge in [0.1, 0.15) is 12.7 Å². The predicted octanol–water partition coefficient (Wildman–Crippen LogP) is 3.02. The van der Waals surface area contributed by atoms with Crippen LogP contribution in [0.15, 0.2) is 54.6 Å². The summed E-state index contributed by atoms with van der Waals surface area (Å²) >= 11 is 0. The van der Waals surface area contributed by atoms with Crippen LogP contribution in [0.25, 0.3) is 5.69 Å². The van der Waals surface area contributed by atoms with Crippen molar-refractivity contribution < 1.29 is 0 Å². The molecule has 2 rings (SSSR count). The van der Waals surface area contributed by atoms with Crippen LogP contribution in [-0.4, -0.2) is 46.3 Å². The van der Waals surface area contributed by atoms with Crippen molar-refractivity contribution in [2.75, 3.05) is 20.6 Å². The smallest absolute Gasteiger partial charge is 0.193 e. The number of aromatic nitrogens is 3. The molecule has 6 nitrogen and oxygen atoms in total. The second-order valence-electron chi connectivity index (χ2n) is 5.97. The normalized spacial score (nSPS) is 11.4. The number of nitrogens with zero attached hydrogens (tertiary/aromatic N) is 5. The summed E-state index contributed by atoms with van der Waals surface area (Å²) < 4.78 is 1.75. The van der Waals surface area contributed by atoms with E-state index in [2.05, 4.69) is 51.1 Å². The summed E-state index contributed by atoms with van der Waals surface area (Å²) in [7, 11) is 3.90. The molecule has 1 heterocycles. The number of allylic oxidation sites excluding steroid dienone is 1. The first-order valence-corrected chi connectivity index (χ1v) is 8.71. The lowest BCUT2D eigenvalue weighted by Crippen LogP contribution is -2.39. The van der Waals surface area contributed by atoms with E-state index < -0.39 is 0 Å². The fourth-order valence-corrected chi connectivity index (χ4v) is 2.59. The molecule has 0 spiro atoms. The summed E-state index contributed by atoms with van der Waals surface area (Å²) in [6, 6.07) is 8.26. The number of guanidine groups is 1. The number of unbranched alkanes of at least 4 members (excludes halogenated alkanes) is 3. The summed E-state index contributed by atoms with van der Waals surface area (Å²) in [5.41, 5.74) is 2.20. The van der Waals surface area contributed by atoms with Crippen molar-refractivity contribution >= 4 is 5.96 Å². The average Bonchev–Trinajstić information content (AvgIpc) is 3.17. The van der Waals surface area contributed by atoms with E-state index in [1.165, 1.54) is 24.7 Å². The first kappa shape index (κ1) is 18.7. The molecule has 134 valence electrons. The zero-order valence-corrected chi connectivity index (χ0v) is 15.2. The van der Waals surface area contributed by atoms with Gasteiger partial charge in [0.25, 0.3) is 0 Å². The van der Waals surface area contributed by atoms with Gasteiger partial charge in [-0.05, 0) is 37.0 Å². The van der Waals surface area contributed by atoms with Gasteiger partial charge >= 0.3 is 0 Å². The Morgan fingerprint density at radius 2 is 2.08 bits per heavy atom. The Bertz CT molecular complexity index is 645. The first-order chi connectivity index (χ1) is 12.2. The maximum Gasteiger partial charge on any atom is 0.193 e. The molecule has 1 aromatic heterocycles. The molecule has 25 heavy (non-hydrogen) atoms. The van der Waals surface area contributed by atoms with Crippen LogP contribution in [0.2, 0.25) is 0 Å². The largest absolute Gasteiger partial charge is 0.352 e. The van der Waals surface area contributed by atoms with Gasteiger partial charge in [0.05, 0.1) is 5.69 Å². The number of nitrogens with one attached hydrogen (secondary N) is 1. The van der Waals surface area contributed by atoms with E-state index in [1.54, 1.807) is 11.0 Å². The van der Waals surface area contributed by atoms with Crippen LogP contribution in [0.4, 0.5) is 0 Å². The second kappa shape index (κ2) is 10.3. The van der Waals surface area contributed by atoms with Crippen LogP contribution in [0, 0.1) is 0 Å². The van der Waals surface area contributed by atoms with E-state index in [9.17, 15) is 0 Å². The molecule has 0 atom stereocenters. The quantitative estimate of drug-likeness (QED) is 0.330. The molecule has 0 amide bonds. The van der Waals surface area contributed by atoms with Crippen molar-refractivity contribution in [2.45, 2.75) is 32.2 Å². The molecule has 0 aliphatic rings. The van der Waals surface area contributed by atoms with E-state index in [4.69, 9.17) is 0 Å². The van der Waals surface area contributed by atoms with Gasteiger partial charge < -0.3 is 10.2 Å². The van der Waals surface area contributed by atoms with Crippen LogP contribution in [-0.2, 0) is 6.54 Å². The highest BCUT2D eigenvalue weighted by atomic mass is 15.3. The lowest BCUT2D eigenvalue weighted by atomic mass is 10.2. The van der Waals surface area contributed by atoms with Crippen molar-refractivity contribution in [1.82, 2.24) is 25.0 Å². The van der Waals surface area contributed by atoms with Gasteiger partial charge in [-0.1, -0.05) is 24.6 Å². The van der Waals surface area contributed by atoms with E-state index >= 15 is 0 Å². The van der Waals surface area contributed by atoms with E-state index in [0.717, 1.165) is 37.6 Å². The highest BCUT2D eigenvalue weighted by molar-refractivity contribution is 5.79. The van der Waals surface area contributed by atoms with Crippen LogP contribution >= 0.6 is 0 Å². The molecule has 0 saturated heterocycles. The summed E-state index contributed by atoms with van der Waals surface area (Å²) in [5, 5.41) is 7.55. The fraction of sp³-hybridized carbons (Fsp3) is 0.421. The zero-order chi connectivity index (χ0) is 17.9. The molecular formula is C19H28N6. The standard InChI is InChI=1S/C19H28N6/c1-4-5-6-7-8-13-24(3)19(20-2)22-14-17-9-11-18(12-10-17)25-16-21-15-23-25/h4,9-12,15-16H,1,5-8,13-14H2,2-3H3,(H,20,22). The summed E-state index contributed by atoms with van der Waals surface area (Å²) in [4.78, 5) is 10.5. The second-order valence-corrected chi connectivity index (χ2v) is 5.97. The van der Waals surface area contributed by atoms with E-state index in [0.29, 0.717) is 0 Å². The minimum Gasteiger partial charge on any atom is -0.352 e. The minimum absolute atomic E-state index is 0.741. The van der Waals surface area contributed by atoms with Crippen LogP contribution in [0.5, 0.6) is 0 Å². The van der Waals surface area contributed by atoms with Crippen LogP contribution in [0.1, 0.15) is 31.2 Å². The Kier molecular flexibility index (Phi) is 7.69. The van der Waals surface area contributed by atoms with Crippen molar-refractivity contribution in [1.29, 1.82) is 0 Å². The van der Waals surface area contributed by atoms with Crippen molar-refractivity contribution in [3.05, 3.63) is 55.1 Å². The number of hydrogen-bond acceptors (Lipinski definition) is 3. The van der Waals surface area contributed by atoms with Gasteiger partial charge in [-0.2, -0.15) is 5.10 Å². The van der Waals surface area contributed by atoms with Gasteiger partial charge in [-0.15, -0.1) is 6.58 Å². The summed E-state index contributed by atoms with van der Waals surface area (Å²) in [5.74, 6) is 0.920.